The summed E-state index contributed by atoms with van der Waals surface area (Å²) in [7, 11) is -2.73. The van der Waals surface area contributed by atoms with E-state index < -0.39 is 9.84 Å². The van der Waals surface area contributed by atoms with Crippen molar-refractivity contribution in [3.63, 3.8) is 0 Å². The summed E-state index contributed by atoms with van der Waals surface area (Å²) >= 11 is 0. The van der Waals surface area contributed by atoms with Crippen LogP contribution in [0.25, 0.3) is 0 Å². The first-order valence-electron chi connectivity index (χ1n) is 5.19. The molecule has 1 heterocycles. The van der Waals surface area contributed by atoms with Crippen molar-refractivity contribution >= 4 is 9.84 Å². The number of allylic oxidation sites excluding steroid dienone is 1. The van der Waals surface area contributed by atoms with Gasteiger partial charge in [-0.1, -0.05) is 12.2 Å². The van der Waals surface area contributed by atoms with Gasteiger partial charge in [0.1, 0.15) is 0 Å². The summed E-state index contributed by atoms with van der Waals surface area (Å²) in [6.07, 6.45) is 7.77. The summed E-state index contributed by atoms with van der Waals surface area (Å²) in [4.78, 5) is 0. The summed E-state index contributed by atoms with van der Waals surface area (Å²) in [5.74, 6) is 1.10. The molecular formula is C10H19NO2S. The summed E-state index contributed by atoms with van der Waals surface area (Å²) < 4.78 is 22.6. The van der Waals surface area contributed by atoms with E-state index in [0.717, 1.165) is 25.7 Å². The standard InChI is InChI=1S/C10H19NO2S/c11-7-3-1-2-5-10-6-4-8-14(12,13)9-10/h1-2,10H,3-9,11H2/b2-1-. The molecule has 0 radical (unpaired) electrons. The molecule has 0 bridgehead atoms. The lowest BCUT2D eigenvalue weighted by atomic mass is 10.0. The largest absolute Gasteiger partial charge is 0.330 e. The van der Waals surface area contributed by atoms with Crippen LogP contribution in [0, 0.1) is 5.92 Å². The van der Waals surface area contributed by atoms with Gasteiger partial charge in [0.05, 0.1) is 11.5 Å². The average molecular weight is 217 g/mol. The molecule has 1 saturated heterocycles. The zero-order valence-electron chi connectivity index (χ0n) is 8.48. The van der Waals surface area contributed by atoms with Gasteiger partial charge >= 0.3 is 0 Å². The Morgan fingerprint density at radius 2 is 2.14 bits per heavy atom. The summed E-state index contributed by atoms with van der Waals surface area (Å²) in [5.41, 5.74) is 5.34. The van der Waals surface area contributed by atoms with Crippen LogP contribution in [0.2, 0.25) is 0 Å². The molecule has 1 rings (SSSR count). The Kier molecular flexibility index (Phi) is 4.62. The molecule has 4 heteroatoms. The summed E-state index contributed by atoms with van der Waals surface area (Å²) in [6, 6.07) is 0. The molecule has 0 aromatic heterocycles. The summed E-state index contributed by atoms with van der Waals surface area (Å²) in [5, 5.41) is 0. The molecule has 82 valence electrons. The van der Waals surface area contributed by atoms with Crippen molar-refractivity contribution < 1.29 is 8.42 Å². The van der Waals surface area contributed by atoms with Crippen LogP contribution in [0.15, 0.2) is 12.2 Å². The molecule has 3 nitrogen and oxygen atoms in total. The van der Waals surface area contributed by atoms with Gasteiger partial charge < -0.3 is 5.73 Å². The van der Waals surface area contributed by atoms with E-state index >= 15 is 0 Å². The van der Waals surface area contributed by atoms with Crippen molar-refractivity contribution in [2.75, 3.05) is 18.1 Å². The molecule has 0 spiro atoms. The molecule has 0 amide bonds. The third-order valence-electron chi connectivity index (χ3n) is 2.53. The molecule has 0 aromatic rings. The third-order valence-corrected chi connectivity index (χ3v) is 4.42. The van der Waals surface area contributed by atoms with E-state index in [0.29, 0.717) is 24.0 Å². The second-order valence-corrected chi connectivity index (χ2v) is 6.14. The highest BCUT2D eigenvalue weighted by Crippen LogP contribution is 2.21. The molecule has 1 atom stereocenters. The highest BCUT2D eigenvalue weighted by molar-refractivity contribution is 7.91. The van der Waals surface area contributed by atoms with Gasteiger partial charge in [-0.3, -0.25) is 0 Å². The van der Waals surface area contributed by atoms with Crippen molar-refractivity contribution in [2.45, 2.75) is 25.7 Å². The topological polar surface area (TPSA) is 60.2 Å². The van der Waals surface area contributed by atoms with Crippen molar-refractivity contribution in [1.82, 2.24) is 0 Å². The fraction of sp³-hybridized carbons (Fsp3) is 0.800. The lowest BCUT2D eigenvalue weighted by Crippen LogP contribution is -2.24. The Hall–Kier alpha value is -0.350. The molecule has 1 fully saturated rings. The van der Waals surface area contributed by atoms with E-state index in [1.165, 1.54) is 0 Å². The fourth-order valence-corrected chi connectivity index (χ4v) is 3.60. The molecule has 1 unspecified atom stereocenters. The first kappa shape index (κ1) is 11.7. The Labute approximate surface area is 86.3 Å². The Balaban J connectivity index is 2.31. The van der Waals surface area contributed by atoms with Gasteiger partial charge in [-0.2, -0.15) is 0 Å². The normalized spacial score (nSPS) is 26.8. The first-order valence-corrected chi connectivity index (χ1v) is 7.01. The lowest BCUT2D eigenvalue weighted by molar-refractivity contribution is 0.489. The minimum atomic E-state index is -2.73. The minimum Gasteiger partial charge on any atom is -0.330 e. The van der Waals surface area contributed by atoms with E-state index in [1.807, 2.05) is 6.08 Å². The maximum absolute atomic E-state index is 11.3. The maximum atomic E-state index is 11.3. The van der Waals surface area contributed by atoms with Crippen LogP contribution in [0.3, 0.4) is 0 Å². The molecule has 1 aliphatic rings. The number of hydrogen-bond acceptors (Lipinski definition) is 3. The fourth-order valence-electron chi connectivity index (χ4n) is 1.81. The molecule has 0 aromatic carbocycles. The van der Waals surface area contributed by atoms with Gasteiger partial charge in [0.25, 0.3) is 0 Å². The number of nitrogens with two attached hydrogens (primary N) is 1. The van der Waals surface area contributed by atoms with Gasteiger partial charge in [-0.25, -0.2) is 8.42 Å². The molecule has 0 aliphatic carbocycles. The molecule has 14 heavy (non-hydrogen) atoms. The Bertz CT molecular complexity index is 282. The van der Waals surface area contributed by atoms with E-state index in [1.54, 1.807) is 0 Å². The maximum Gasteiger partial charge on any atom is 0.150 e. The van der Waals surface area contributed by atoms with Crippen LogP contribution in [-0.2, 0) is 9.84 Å². The smallest absolute Gasteiger partial charge is 0.150 e. The summed E-state index contributed by atoms with van der Waals surface area (Å²) in [6.45, 7) is 0.666. The monoisotopic (exact) mass is 217 g/mol. The second kappa shape index (κ2) is 5.51. The van der Waals surface area contributed by atoms with Crippen LogP contribution >= 0.6 is 0 Å². The van der Waals surface area contributed by atoms with Crippen LogP contribution in [0.1, 0.15) is 25.7 Å². The van der Waals surface area contributed by atoms with Gasteiger partial charge in [0.15, 0.2) is 9.84 Å². The number of sulfone groups is 1. The zero-order chi connectivity index (χ0) is 10.4. The van der Waals surface area contributed by atoms with Crippen molar-refractivity contribution in [1.29, 1.82) is 0 Å². The average Bonchev–Trinajstić information content (AvgIpc) is 2.11. The number of rotatable bonds is 4. The van der Waals surface area contributed by atoms with E-state index in [9.17, 15) is 8.42 Å². The van der Waals surface area contributed by atoms with Crippen LogP contribution in [0.4, 0.5) is 0 Å². The Morgan fingerprint density at radius 3 is 2.79 bits per heavy atom. The van der Waals surface area contributed by atoms with Gasteiger partial charge in [-0.05, 0) is 38.1 Å². The Morgan fingerprint density at radius 1 is 1.36 bits per heavy atom. The molecular weight excluding hydrogens is 198 g/mol. The van der Waals surface area contributed by atoms with E-state index in [2.05, 4.69) is 6.08 Å². The second-order valence-electron chi connectivity index (χ2n) is 3.91. The van der Waals surface area contributed by atoms with Gasteiger partial charge in [0.2, 0.25) is 0 Å². The quantitative estimate of drug-likeness (QED) is 0.717. The van der Waals surface area contributed by atoms with Crippen molar-refractivity contribution in [2.24, 2.45) is 11.7 Å². The van der Waals surface area contributed by atoms with E-state index in [-0.39, 0.29) is 0 Å². The van der Waals surface area contributed by atoms with Crippen LogP contribution < -0.4 is 5.73 Å². The van der Waals surface area contributed by atoms with Crippen LogP contribution in [-0.4, -0.2) is 26.5 Å². The zero-order valence-corrected chi connectivity index (χ0v) is 9.30. The lowest BCUT2D eigenvalue weighted by Gasteiger charge is -2.20. The predicted octanol–water partition coefficient (Wildman–Crippen LogP) is 1.11. The van der Waals surface area contributed by atoms with E-state index in [4.69, 9.17) is 5.73 Å². The highest BCUT2D eigenvalue weighted by Gasteiger charge is 2.23. The van der Waals surface area contributed by atoms with Gasteiger partial charge in [0, 0.05) is 0 Å². The predicted molar refractivity (Wildman–Crippen MR) is 58.8 cm³/mol. The van der Waals surface area contributed by atoms with Crippen molar-refractivity contribution in [3.05, 3.63) is 12.2 Å². The molecule has 0 saturated carbocycles. The first-order chi connectivity index (χ1) is 6.64. The van der Waals surface area contributed by atoms with Gasteiger partial charge in [-0.15, -0.1) is 0 Å². The highest BCUT2D eigenvalue weighted by atomic mass is 32.2. The van der Waals surface area contributed by atoms with Crippen molar-refractivity contribution in [3.8, 4) is 0 Å². The minimum absolute atomic E-state index is 0.336. The molecule has 2 N–H and O–H groups in total. The number of hydrogen-bond donors (Lipinski definition) is 1. The van der Waals surface area contributed by atoms with Crippen LogP contribution in [0.5, 0.6) is 0 Å². The SMILES string of the molecule is NCC/C=C\CC1CCCS(=O)(=O)C1. The molecule has 1 aliphatic heterocycles. The third kappa shape index (κ3) is 4.24.